The Labute approximate surface area is 346 Å². The molecule has 2 heterocycles. The second-order valence-corrected chi connectivity index (χ2v) is 16.3. The molecule has 0 unspecified atom stereocenters. The molecule has 0 saturated heterocycles. The van der Waals surface area contributed by atoms with Gasteiger partial charge < -0.3 is 9.47 Å². The highest BCUT2D eigenvalue weighted by Crippen LogP contribution is 2.49. The van der Waals surface area contributed by atoms with Crippen LogP contribution >= 0.6 is 11.3 Å². The maximum atomic E-state index is 2.45. The first-order chi connectivity index (χ1) is 29.3. The highest BCUT2D eigenvalue weighted by atomic mass is 32.1. The maximum absolute atomic E-state index is 2.45. The minimum Gasteiger partial charge on any atom is -0.310 e. The van der Waals surface area contributed by atoms with E-state index in [4.69, 9.17) is 0 Å². The smallest absolute Gasteiger partial charge is 0.0555 e. The standard InChI is InChI=1S/C56H36N2S/c1-2-19-40(20-3-1)57(41-21-15-18-38(35-41)50-36-39-16-4-5-23-43(39)45-24-6-7-25-46(45)50)53-33-32-44(56-55(53)49-28-10-13-31-54(49)59-56)37-17-14-22-42(34-37)58-51-29-11-8-26-47(51)48-27-9-12-30-52(48)58/h1-36H. The molecule has 0 N–H and O–H groups in total. The molecule has 276 valence electrons. The van der Waals surface area contributed by atoms with E-state index in [2.05, 4.69) is 228 Å². The van der Waals surface area contributed by atoms with Gasteiger partial charge in [-0.25, -0.2) is 0 Å². The molecule has 0 radical (unpaired) electrons. The second kappa shape index (κ2) is 13.6. The van der Waals surface area contributed by atoms with Crippen LogP contribution in [0.15, 0.2) is 218 Å². The molecule has 0 aliphatic rings. The van der Waals surface area contributed by atoms with Crippen molar-refractivity contribution in [2.75, 3.05) is 4.90 Å². The van der Waals surface area contributed by atoms with E-state index in [1.54, 1.807) is 0 Å². The van der Waals surface area contributed by atoms with Crippen LogP contribution < -0.4 is 4.90 Å². The van der Waals surface area contributed by atoms with Crippen molar-refractivity contribution in [1.29, 1.82) is 0 Å². The largest absolute Gasteiger partial charge is 0.310 e. The molecule has 0 amide bonds. The predicted octanol–water partition coefficient (Wildman–Crippen LogP) is 16.3. The molecule has 59 heavy (non-hydrogen) atoms. The molecule has 0 atom stereocenters. The molecule has 0 aliphatic carbocycles. The van der Waals surface area contributed by atoms with Crippen LogP contribution in [0.25, 0.3) is 91.5 Å². The highest BCUT2D eigenvalue weighted by Gasteiger charge is 2.22. The SMILES string of the molecule is c1ccc(N(c2cccc(-c3cc4ccccc4c4ccccc34)c2)c2ccc(-c3cccc(-n4c5ccccc5c5ccccc54)c3)c3sc4ccccc4c23)cc1. The quantitative estimate of drug-likeness (QED) is 0.153. The van der Waals surface area contributed by atoms with E-state index in [-0.39, 0.29) is 0 Å². The third-order valence-corrected chi connectivity index (χ3v) is 13.1. The minimum absolute atomic E-state index is 1.11. The highest BCUT2D eigenvalue weighted by molar-refractivity contribution is 7.26. The molecule has 3 heteroatoms. The van der Waals surface area contributed by atoms with E-state index in [1.165, 1.54) is 85.8 Å². The molecule has 0 bridgehead atoms. The van der Waals surface area contributed by atoms with E-state index in [0.717, 1.165) is 22.7 Å². The fourth-order valence-corrected chi connectivity index (χ4v) is 10.6. The lowest BCUT2D eigenvalue weighted by Gasteiger charge is -2.27. The first kappa shape index (κ1) is 33.7. The van der Waals surface area contributed by atoms with Gasteiger partial charge in [0.05, 0.1) is 16.7 Å². The lowest BCUT2D eigenvalue weighted by Crippen LogP contribution is -2.10. The Morgan fingerprint density at radius 1 is 0.373 bits per heavy atom. The normalized spacial score (nSPS) is 11.7. The average Bonchev–Trinajstić information content (AvgIpc) is 3.86. The monoisotopic (exact) mass is 768 g/mol. The van der Waals surface area contributed by atoms with Crippen molar-refractivity contribution in [1.82, 2.24) is 4.57 Å². The third kappa shape index (κ3) is 5.40. The van der Waals surface area contributed by atoms with Crippen LogP contribution in [0.1, 0.15) is 0 Å². The van der Waals surface area contributed by atoms with Crippen molar-refractivity contribution in [3.63, 3.8) is 0 Å². The van der Waals surface area contributed by atoms with E-state index in [0.29, 0.717) is 0 Å². The van der Waals surface area contributed by atoms with Gasteiger partial charge in [0.1, 0.15) is 0 Å². The molecular weight excluding hydrogens is 733 g/mol. The van der Waals surface area contributed by atoms with Gasteiger partial charge in [0.15, 0.2) is 0 Å². The summed E-state index contributed by atoms with van der Waals surface area (Å²) < 4.78 is 4.97. The van der Waals surface area contributed by atoms with Crippen LogP contribution in [0.5, 0.6) is 0 Å². The zero-order valence-electron chi connectivity index (χ0n) is 32.1. The number of nitrogens with zero attached hydrogens (tertiary/aromatic N) is 2. The summed E-state index contributed by atoms with van der Waals surface area (Å²) in [5.41, 5.74) is 11.8. The van der Waals surface area contributed by atoms with E-state index >= 15 is 0 Å². The Morgan fingerprint density at radius 3 is 1.75 bits per heavy atom. The number of hydrogen-bond donors (Lipinski definition) is 0. The molecule has 12 aromatic rings. The van der Waals surface area contributed by atoms with Gasteiger partial charge in [-0.2, -0.15) is 0 Å². The molecule has 0 saturated carbocycles. The van der Waals surface area contributed by atoms with Crippen molar-refractivity contribution < 1.29 is 0 Å². The van der Waals surface area contributed by atoms with Crippen molar-refractivity contribution >= 4 is 91.9 Å². The lowest BCUT2D eigenvalue weighted by atomic mass is 9.93. The molecule has 0 spiro atoms. The number of thiophene rings is 1. The number of benzene rings is 10. The van der Waals surface area contributed by atoms with Gasteiger partial charge in [-0.1, -0.05) is 152 Å². The zero-order valence-corrected chi connectivity index (χ0v) is 32.9. The molecule has 12 rings (SSSR count). The second-order valence-electron chi connectivity index (χ2n) is 15.3. The zero-order chi connectivity index (χ0) is 38.9. The summed E-state index contributed by atoms with van der Waals surface area (Å²) >= 11 is 1.88. The van der Waals surface area contributed by atoms with Gasteiger partial charge in [0, 0.05) is 48.0 Å². The number of anilines is 3. The van der Waals surface area contributed by atoms with Gasteiger partial charge >= 0.3 is 0 Å². The number of hydrogen-bond acceptors (Lipinski definition) is 2. The van der Waals surface area contributed by atoms with E-state index in [9.17, 15) is 0 Å². The van der Waals surface area contributed by atoms with Crippen molar-refractivity contribution in [3.05, 3.63) is 218 Å². The van der Waals surface area contributed by atoms with Gasteiger partial charge in [-0.3, -0.25) is 0 Å². The summed E-state index contributed by atoms with van der Waals surface area (Å²) in [6.45, 7) is 0. The molecular formula is C56H36N2S. The van der Waals surface area contributed by atoms with Crippen molar-refractivity contribution in [2.24, 2.45) is 0 Å². The number of aromatic nitrogens is 1. The van der Waals surface area contributed by atoms with Crippen LogP contribution in [-0.4, -0.2) is 4.57 Å². The summed E-state index contributed by atoms with van der Waals surface area (Å²) in [6, 6.07) is 79.9. The Kier molecular flexibility index (Phi) is 7.75. The Bertz CT molecular complexity index is 3520. The average molecular weight is 769 g/mol. The maximum Gasteiger partial charge on any atom is 0.0555 e. The molecule has 0 fully saturated rings. The Balaban J connectivity index is 1.07. The van der Waals surface area contributed by atoms with Crippen molar-refractivity contribution in [3.8, 4) is 27.9 Å². The van der Waals surface area contributed by atoms with Crippen LogP contribution in [0.4, 0.5) is 17.1 Å². The van der Waals surface area contributed by atoms with Gasteiger partial charge in [0.25, 0.3) is 0 Å². The van der Waals surface area contributed by atoms with Crippen molar-refractivity contribution in [2.45, 2.75) is 0 Å². The van der Waals surface area contributed by atoms with Gasteiger partial charge in [-0.15, -0.1) is 11.3 Å². The summed E-state index contributed by atoms with van der Waals surface area (Å²) in [5.74, 6) is 0. The third-order valence-electron chi connectivity index (χ3n) is 11.9. The van der Waals surface area contributed by atoms with Gasteiger partial charge in [-0.05, 0) is 111 Å². The number of para-hydroxylation sites is 3. The fourth-order valence-electron chi connectivity index (χ4n) is 9.35. The lowest BCUT2D eigenvalue weighted by molar-refractivity contribution is 1.18. The number of rotatable bonds is 6. The van der Waals surface area contributed by atoms with E-state index < -0.39 is 0 Å². The topological polar surface area (TPSA) is 8.17 Å². The first-order valence-electron chi connectivity index (χ1n) is 20.2. The van der Waals surface area contributed by atoms with Crippen LogP contribution in [-0.2, 0) is 0 Å². The predicted molar refractivity (Wildman–Crippen MR) is 254 cm³/mol. The molecule has 0 aliphatic heterocycles. The number of fused-ring (bicyclic) bond motifs is 9. The fraction of sp³-hybridized carbons (Fsp3) is 0. The first-order valence-corrected chi connectivity index (χ1v) is 21.0. The Hall–Kier alpha value is -7.46. The minimum atomic E-state index is 1.11. The molecule has 2 nitrogen and oxygen atoms in total. The molecule has 10 aromatic carbocycles. The summed E-state index contributed by atoms with van der Waals surface area (Å²) in [6.07, 6.45) is 0. The van der Waals surface area contributed by atoms with E-state index in [1.807, 2.05) is 11.3 Å². The summed E-state index contributed by atoms with van der Waals surface area (Å²) in [5, 5.41) is 10.1. The van der Waals surface area contributed by atoms with Crippen LogP contribution in [0, 0.1) is 0 Å². The van der Waals surface area contributed by atoms with Crippen LogP contribution in [0.3, 0.4) is 0 Å². The Morgan fingerprint density at radius 2 is 0.966 bits per heavy atom. The molecule has 2 aromatic heterocycles. The van der Waals surface area contributed by atoms with Crippen LogP contribution in [0.2, 0.25) is 0 Å². The summed E-state index contributed by atoms with van der Waals surface area (Å²) in [4.78, 5) is 2.45. The summed E-state index contributed by atoms with van der Waals surface area (Å²) in [7, 11) is 0. The van der Waals surface area contributed by atoms with Gasteiger partial charge in [0.2, 0.25) is 0 Å².